The minimum atomic E-state index is -1.07. The summed E-state index contributed by atoms with van der Waals surface area (Å²) in [4.78, 5) is 34.2. The van der Waals surface area contributed by atoms with E-state index in [0.717, 1.165) is 11.0 Å². The summed E-state index contributed by atoms with van der Waals surface area (Å²) in [6, 6.07) is 0. The van der Waals surface area contributed by atoms with Gasteiger partial charge in [-0.3, -0.25) is 14.5 Å². The van der Waals surface area contributed by atoms with Crippen LogP contribution in [0.5, 0.6) is 0 Å². The number of nitrogens with zero attached hydrogens (tertiary/aromatic N) is 1. The Kier molecular flexibility index (Phi) is 3.60. The van der Waals surface area contributed by atoms with Gasteiger partial charge in [0, 0.05) is 25.5 Å². The second-order valence-corrected chi connectivity index (χ2v) is 3.56. The molecule has 0 radical (unpaired) electrons. The Labute approximate surface area is 87.4 Å². The third-order valence-corrected chi connectivity index (χ3v) is 2.16. The summed E-state index contributed by atoms with van der Waals surface area (Å²) in [6.07, 6.45) is 2.34. The molecule has 2 amide bonds. The number of imide groups is 1. The van der Waals surface area contributed by atoms with Gasteiger partial charge >= 0.3 is 5.97 Å². The molecule has 82 valence electrons. The highest BCUT2D eigenvalue weighted by Gasteiger charge is 2.25. The van der Waals surface area contributed by atoms with Crippen LogP contribution >= 0.6 is 0 Å². The largest absolute Gasteiger partial charge is 0.478 e. The fraction of sp³-hybridized carbons (Fsp3) is 0.500. The fourth-order valence-electron chi connectivity index (χ4n) is 1.48. The number of likely N-dealkylation sites (tertiary alicyclic amines) is 1. The maximum absolute atomic E-state index is 11.4. The first kappa shape index (κ1) is 11.4. The molecule has 15 heavy (non-hydrogen) atoms. The molecule has 0 aromatic rings. The molecule has 0 bridgehead atoms. The molecule has 0 atom stereocenters. The van der Waals surface area contributed by atoms with Crippen LogP contribution in [0.15, 0.2) is 11.6 Å². The third-order valence-electron chi connectivity index (χ3n) is 2.16. The Morgan fingerprint density at radius 3 is 2.40 bits per heavy atom. The molecule has 0 aromatic carbocycles. The highest BCUT2D eigenvalue weighted by molar-refractivity contribution is 5.97. The molecule has 1 fully saturated rings. The van der Waals surface area contributed by atoms with E-state index in [9.17, 15) is 14.4 Å². The molecular formula is C10H13NO4. The van der Waals surface area contributed by atoms with Crippen LogP contribution in [0.1, 0.15) is 26.2 Å². The monoisotopic (exact) mass is 211 g/mol. The van der Waals surface area contributed by atoms with Crippen molar-refractivity contribution < 1.29 is 19.5 Å². The minimum absolute atomic E-state index is 0.0873. The summed E-state index contributed by atoms with van der Waals surface area (Å²) >= 11 is 0. The van der Waals surface area contributed by atoms with Crippen molar-refractivity contribution in [2.75, 3.05) is 6.54 Å². The molecule has 0 aromatic heterocycles. The van der Waals surface area contributed by atoms with E-state index in [0.29, 0.717) is 24.8 Å². The highest BCUT2D eigenvalue weighted by Crippen LogP contribution is 2.13. The van der Waals surface area contributed by atoms with E-state index in [4.69, 9.17) is 5.11 Å². The minimum Gasteiger partial charge on any atom is -0.478 e. The number of hydrogen-bond acceptors (Lipinski definition) is 3. The lowest BCUT2D eigenvalue weighted by Gasteiger charge is -2.24. The van der Waals surface area contributed by atoms with Crippen LogP contribution in [0, 0.1) is 0 Å². The quantitative estimate of drug-likeness (QED) is 0.546. The lowest BCUT2D eigenvalue weighted by Crippen LogP contribution is -2.41. The van der Waals surface area contributed by atoms with Crippen LogP contribution in [0.3, 0.4) is 0 Å². The van der Waals surface area contributed by atoms with Gasteiger partial charge in [0.05, 0.1) is 0 Å². The zero-order chi connectivity index (χ0) is 11.4. The number of aliphatic carboxylic acids is 1. The van der Waals surface area contributed by atoms with E-state index in [1.54, 1.807) is 6.92 Å². The summed E-state index contributed by atoms with van der Waals surface area (Å²) in [7, 11) is 0. The number of carbonyl (C=O) groups is 3. The topological polar surface area (TPSA) is 74.7 Å². The van der Waals surface area contributed by atoms with Gasteiger partial charge in [-0.25, -0.2) is 4.79 Å². The van der Waals surface area contributed by atoms with Crippen molar-refractivity contribution in [1.29, 1.82) is 0 Å². The number of carboxylic acids is 1. The Hall–Kier alpha value is -1.65. The normalized spacial score (nSPS) is 18.2. The van der Waals surface area contributed by atoms with Crippen LogP contribution in [0.25, 0.3) is 0 Å². The smallest absolute Gasteiger partial charge is 0.328 e. The second-order valence-electron chi connectivity index (χ2n) is 3.56. The Morgan fingerprint density at radius 2 is 1.93 bits per heavy atom. The Balaban J connectivity index is 2.67. The first-order valence-corrected chi connectivity index (χ1v) is 4.74. The van der Waals surface area contributed by atoms with E-state index in [2.05, 4.69) is 0 Å². The third kappa shape index (κ3) is 3.19. The van der Waals surface area contributed by atoms with Crippen molar-refractivity contribution in [3.63, 3.8) is 0 Å². The molecule has 1 rings (SSSR count). The molecule has 1 aliphatic heterocycles. The lowest BCUT2D eigenvalue weighted by molar-refractivity contribution is -0.147. The molecule has 0 unspecified atom stereocenters. The van der Waals surface area contributed by atoms with Crippen molar-refractivity contribution in [3.8, 4) is 0 Å². The van der Waals surface area contributed by atoms with Gasteiger partial charge in [-0.2, -0.15) is 0 Å². The first-order chi connectivity index (χ1) is 7.00. The first-order valence-electron chi connectivity index (χ1n) is 4.74. The van der Waals surface area contributed by atoms with Crippen LogP contribution in [-0.4, -0.2) is 34.3 Å². The van der Waals surface area contributed by atoms with E-state index in [-0.39, 0.29) is 18.4 Å². The number of rotatable bonds is 3. The Morgan fingerprint density at radius 1 is 1.40 bits per heavy atom. The average Bonchev–Trinajstić information content (AvgIpc) is 2.10. The molecule has 1 aliphatic rings. The van der Waals surface area contributed by atoms with Gasteiger partial charge in [-0.05, 0) is 18.9 Å². The fourth-order valence-corrected chi connectivity index (χ4v) is 1.48. The number of carbonyl (C=O) groups excluding carboxylic acids is 2. The molecule has 1 saturated heterocycles. The van der Waals surface area contributed by atoms with Gasteiger partial charge in [0.25, 0.3) is 0 Å². The molecule has 0 spiro atoms. The zero-order valence-electron chi connectivity index (χ0n) is 8.52. The maximum atomic E-state index is 11.4. The van der Waals surface area contributed by atoms with Crippen molar-refractivity contribution in [1.82, 2.24) is 4.90 Å². The van der Waals surface area contributed by atoms with E-state index >= 15 is 0 Å². The van der Waals surface area contributed by atoms with E-state index in [1.807, 2.05) is 0 Å². The van der Waals surface area contributed by atoms with Gasteiger partial charge in [0.2, 0.25) is 11.8 Å². The average molecular weight is 211 g/mol. The van der Waals surface area contributed by atoms with Crippen LogP contribution < -0.4 is 0 Å². The summed E-state index contributed by atoms with van der Waals surface area (Å²) in [5, 5.41) is 8.48. The maximum Gasteiger partial charge on any atom is 0.328 e. The van der Waals surface area contributed by atoms with Crippen LogP contribution in [0.4, 0.5) is 0 Å². The summed E-state index contributed by atoms with van der Waals surface area (Å²) < 4.78 is 0. The standard InChI is InChI=1S/C10H13NO4/c1-7(5-10(14)15)6-11-8(12)3-2-4-9(11)13/h5H,2-4,6H2,1H3,(H,14,15). The SMILES string of the molecule is CC(=CC(=O)O)CN1C(=O)CCCC1=O. The summed E-state index contributed by atoms with van der Waals surface area (Å²) in [5.41, 5.74) is 0.492. The summed E-state index contributed by atoms with van der Waals surface area (Å²) in [5.74, 6) is -1.50. The van der Waals surface area contributed by atoms with Gasteiger partial charge in [-0.15, -0.1) is 0 Å². The van der Waals surface area contributed by atoms with Crippen molar-refractivity contribution >= 4 is 17.8 Å². The Bertz CT molecular complexity index is 316. The zero-order valence-corrected chi connectivity index (χ0v) is 8.52. The van der Waals surface area contributed by atoms with Gasteiger partial charge in [-0.1, -0.05) is 0 Å². The lowest BCUT2D eigenvalue weighted by atomic mass is 10.1. The van der Waals surface area contributed by atoms with Gasteiger partial charge < -0.3 is 5.11 Å². The van der Waals surface area contributed by atoms with Crippen LogP contribution in [-0.2, 0) is 14.4 Å². The molecule has 5 nitrogen and oxygen atoms in total. The van der Waals surface area contributed by atoms with Crippen LogP contribution in [0.2, 0.25) is 0 Å². The predicted molar refractivity (Wildman–Crippen MR) is 52.0 cm³/mol. The molecule has 0 saturated carbocycles. The number of amides is 2. The van der Waals surface area contributed by atoms with Gasteiger partial charge in [0.15, 0.2) is 0 Å². The number of piperidine rings is 1. The van der Waals surface area contributed by atoms with Gasteiger partial charge in [0.1, 0.15) is 0 Å². The van der Waals surface area contributed by atoms with Crippen molar-refractivity contribution in [2.24, 2.45) is 0 Å². The number of hydrogen-bond donors (Lipinski definition) is 1. The van der Waals surface area contributed by atoms with E-state index < -0.39 is 5.97 Å². The number of carboxylic acid groups (broad SMARTS) is 1. The molecule has 1 N–H and O–H groups in total. The molecular weight excluding hydrogens is 198 g/mol. The molecule has 1 heterocycles. The van der Waals surface area contributed by atoms with Crippen molar-refractivity contribution in [2.45, 2.75) is 26.2 Å². The second kappa shape index (κ2) is 4.72. The molecule has 5 heteroatoms. The predicted octanol–water partition coefficient (Wildman–Crippen LogP) is 0.556. The highest BCUT2D eigenvalue weighted by atomic mass is 16.4. The van der Waals surface area contributed by atoms with E-state index in [1.165, 1.54) is 0 Å². The van der Waals surface area contributed by atoms with Crippen molar-refractivity contribution in [3.05, 3.63) is 11.6 Å². The molecule has 0 aliphatic carbocycles. The summed E-state index contributed by atoms with van der Waals surface area (Å²) in [6.45, 7) is 1.67.